The smallest absolute Gasteiger partial charge is 0.243 e. The van der Waals surface area contributed by atoms with E-state index in [0.29, 0.717) is 0 Å². The summed E-state index contributed by atoms with van der Waals surface area (Å²) in [5, 5.41) is 3.22. The van der Waals surface area contributed by atoms with Gasteiger partial charge in [0.2, 0.25) is 5.91 Å². The summed E-state index contributed by atoms with van der Waals surface area (Å²) in [4.78, 5) is 11.3. The van der Waals surface area contributed by atoms with E-state index in [2.05, 4.69) is 21.2 Å². The number of nitrogens with one attached hydrogen (secondary N) is 1. The van der Waals surface area contributed by atoms with Crippen LogP contribution in [0.4, 0.5) is 5.69 Å². The van der Waals surface area contributed by atoms with E-state index < -0.39 is 5.54 Å². The van der Waals surface area contributed by atoms with E-state index in [1.807, 2.05) is 24.3 Å². The summed E-state index contributed by atoms with van der Waals surface area (Å²) >= 11 is 3.37. The fourth-order valence-corrected chi connectivity index (χ4v) is 2.04. The van der Waals surface area contributed by atoms with Crippen LogP contribution in [0.2, 0.25) is 0 Å². The summed E-state index contributed by atoms with van der Waals surface area (Å²) in [6.07, 6.45) is 2.73. The topological polar surface area (TPSA) is 55.1 Å². The monoisotopic (exact) mass is 268 g/mol. The minimum Gasteiger partial charge on any atom is -0.371 e. The number of amides is 1. The SMILES string of the molecule is NC(=O)C1(Nc2ccc(Br)cc2)CCC1. The Morgan fingerprint density at radius 2 is 1.93 bits per heavy atom. The van der Waals surface area contributed by atoms with E-state index in [9.17, 15) is 4.79 Å². The van der Waals surface area contributed by atoms with Crippen LogP contribution >= 0.6 is 15.9 Å². The van der Waals surface area contributed by atoms with Gasteiger partial charge in [-0.2, -0.15) is 0 Å². The van der Waals surface area contributed by atoms with E-state index in [1.54, 1.807) is 0 Å². The second-order valence-electron chi connectivity index (χ2n) is 3.93. The number of rotatable bonds is 3. The van der Waals surface area contributed by atoms with Crippen LogP contribution in [0, 0.1) is 0 Å². The summed E-state index contributed by atoms with van der Waals surface area (Å²) in [5.41, 5.74) is 5.84. The summed E-state index contributed by atoms with van der Waals surface area (Å²) in [7, 11) is 0. The van der Waals surface area contributed by atoms with Gasteiger partial charge in [0.1, 0.15) is 5.54 Å². The molecule has 0 unspecified atom stereocenters. The fraction of sp³-hybridized carbons (Fsp3) is 0.364. The average Bonchev–Trinajstić information content (AvgIpc) is 2.13. The van der Waals surface area contributed by atoms with Gasteiger partial charge in [-0.25, -0.2) is 0 Å². The molecule has 1 fully saturated rings. The molecular formula is C11H13BrN2O. The van der Waals surface area contributed by atoms with Gasteiger partial charge < -0.3 is 11.1 Å². The molecule has 3 nitrogen and oxygen atoms in total. The minimum atomic E-state index is -0.506. The lowest BCUT2D eigenvalue weighted by atomic mass is 9.76. The second-order valence-corrected chi connectivity index (χ2v) is 4.85. The molecule has 80 valence electrons. The first-order valence-corrected chi connectivity index (χ1v) is 5.75. The standard InChI is InChI=1S/C11H13BrN2O/c12-8-2-4-9(5-3-8)14-11(10(13)15)6-1-7-11/h2-5,14H,1,6-7H2,(H2,13,15). The van der Waals surface area contributed by atoms with Gasteiger partial charge >= 0.3 is 0 Å². The Balaban J connectivity index is 2.13. The van der Waals surface area contributed by atoms with Crippen LogP contribution in [0.15, 0.2) is 28.7 Å². The Morgan fingerprint density at radius 3 is 2.33 bits per heavy atom. The van der Waals surface area contributed by atoms with Gasteiger partial charge in [-0.15, -0.1) is 0 Å². The number of primary amides is 1. The molecule has 1 saturated carbocycles. The molecule has 1 aliphatic rings. The quantitative estimate of drug-likeness (QED) is 0.884. The van der Waals surface area contributed by atoms with Gasteiger partial charge in [0.25, 0.3) is 0 Å². The molecule has 0 aromatic heterocycles. The van der Waals surface area contributed by atoms with Gasteiger partial charge in [0.15, 0.2) is 0 Å². The van der Waals surface area contributed by atoms with Crippen molar-refractivity contribution in [3.63, 3.8) is 0 Å². The van der Waals surface area contributed by atoms with E-state index in [4.69, 9.17) is 5.73 Å². The third-order valence-corrected chi connectivity index (χ3v) is 3.44. The van der Waals surface area contributed by atoms with Gasteiger partial charge in [-0.1, -0.05) is 15.9 Å². The number of halogens is 1. The van der Waals surface area contributed by atoms with E-state index >= 15 is 0 Å². The molecule has 15 heavy (non-hydrogen) atoms. The molecule has 1 aliphatic carbocycles. The lowest BCUT2D eigenvalue weighted by Crippen LogP contribution is -2.55. The second kappa shape index (κ2) is 3.85. The Bertz CT molecular complexity index is 371. The molecule has 0 atom stereocenters. The molecule has 1 aromatic rings. The van der Waals surface area contributed by atoms with Gasteiger partial charge in [0.05, 0.1) is 0 Å². The molecule has 0 radical (unpaired) electrons. The van der Waals surface area contributed by atoms with Crippen LogP contribution in [0.1, 0.15) is 19.3 Å². The molecule has 0 saturated heterocycles. The van der Waals surface area contributed by atoms with Crippen molar-refractivity contribution in [3.05, 3.63) is 28.7 Å². The Hall–Kier alpha value is -1.03. The van der Waals surface area contributed by atoms with Crippen molar-refractivity contribution in [2.45, 2.75) is 24.8 Å². The maximum atomic E-state index is 11.3. The van der Waals surface area contributed by atoms with Gasteiger partial charge in [-0.05, 0) is 43.5 Å². The van der Waals surface area contributed by atoms with Crippen molar-refractivity contribution in [3.8, 4) is 0 Å². The number of carbonyl (C=O) groups is 1. The van der Waals surface area contributed by atoms with Crippen molar-refractivity contribution in [1.29, 1.82) is 0 Å². The number of hydrogen-bond donors (Lipinski definition) is 2. The zero-order valence-electron chi connectivity index (χ0n) is 8.29. The van der Waals surface area contributed by atoms with Crippen molar-refractivity contribution >= 4 is 27.5 Å². The first-order valence-electron chi connectivity index (χ1n) is 4.96. The van der Waals surface area contributed by atoms with Crippen molar-refractivity contribution < 1.29 is 4.79 Å². The molecule has 1 amide bonds. The van der Waals surface area contributed by atoms with Crippen molar-refractivity contribution in [2.75, 3.05) is 5.32 Å². The lowest BCUT2D eigenvalue weighted by Gasteiger charge is -2.40. The van der Waals surface area contributed by atoms with E-state index in [-0.39, 0.29) is 5.91 Å². The molecule has 1 aromatic carbocycles. The zero-order chi connectivity index (χ0) is 10.9. The van der Waals surface area contributed by atoms with E-state index in [0.717, 1.165) is 29.4 Å². The molecule has 0 heterocycles. The van der Waals surface area contributed by atoms with Crippen LogP contribution in [0.25, 0.3) is 0 Å². The molecule has 4 heteroatoms. The van der Waals surface area contributed by atoms with Gasteiger partial charge in [-0.3, -0.25) is 4.79 Å². The fourth-order valence-electron chi connectivity index (χ4n) is 1.77. The van der Waals surface area contributed by atoms with Crippen LogP contribution in [-0.4, -0.2) is 11.4 Å². The minimum absolute atomic E-state index is 0.253. The van der Waals surface area contributed by atoms with Crippen molar-refractivity contribution in [1.82, 2.24) is 0 Å². The zero-order valence-corrected chi connectivity index (χ0v) is 9.88. The maximum Gasteiger partial charge on any atom is 0.243 e. The van der Waals surface area contributed by atoms with Gasteiger partial charge in [0, 0.05) is 10.2 Å². The van der Waals surface area contributed by atoms with Crippen LogP contribution in [0.3, 0.4) is 0 Å². The number of benzene rings is 1. The molecule has 0 bridgehead atoms. The number of carbonyl (C=O) groups excluding carboxylic acids is 1. The number of anilines is 1. The van der Waals surface area contributed by atoms with Crippen LogP contribution < -0.4 is 11.1 Å². The number of nitrogens with two attached hydrogens (primary N) is 1. The highest BCUT2D eigenvalue weighted by Gasteiger charge is 2.42. The normalized spacial score (nSPS) is 17.9. The average molecular weight is 269 g/mol. The Kier molecular flexibility index (Phi) is 2.69. The predicted molar refractivity (Wildman–Crippen MR) is 63.5 cm³/mol. The summed E-state index contributed by atoms with van der Waals surface area (Å²) < 4.78 is 1.02. The molecular weight excluding hydrogens is 256 g/mol. The van der Waals surface area contributed by atoms with E-state index in [1.165, 1.54) is 0 Å². The predicted octanol–water partition coefficient (Wildman–Crippen LogP) is 2.27. The molecule has 0 aliphatic heterocycles. The first kappa shape index (κ1) is 10.5. The molecule has 0 spiro atoms. The third-order valence-electron chi connectivity index (χ3n) is 2.91. The highest BCUT2D eigenvalue weighted by molar-refractivity contribution is 9.10. The Morgan fingerprint density at radius 1 is 1.33 bits per heavy atom. The maximum absolute atomic E-state index is 11.3. The third kappa shape index (κ3) is 2.00. The number of hydrogen-bond acceptors (Lipinski definition) is 2. The highest BCUT2D eigenvalue weighted by atomic mass is 79.9. The summed E-state index contributed by atoms with van der Waals surface area (Å²) in [6, 6.07) is 7.76. The lowest BCUT2D eigenvalue weighted by molar-refractivity contribution is -0.124. The molecule has 3 N–H and O–H groups in total. The van der Waals surface area contributed by atoms with Crippen LogP contribution in [-0.2, 0) is 4.79 Å². The summed E-state index contributed by atoms with van der Waals surface area (Å²) in [6.45, 7) is 0. The van der Waals surface area contributed by atoms with Crippen molar-refractivity contribution in [2.24, 2.45) is 5.73 Å². The van der Waals surface area contributed by atoms with Crippen LogP contribution in [0.5, 0.6) is 0 Å². The molecule has 2 rings (SSSR count). The Labute approximate surface area is 97.2 Å². The highest BCUT2D eigenvalue weighted by Crippen LogP contribution is 2.35. The largest absolute Gasteiger partial charge is 0.371 e. The first-order chi connectivity index (χ1) is 7.12. The summed E-state index contributed by atoms with van der Waals surface area (Å²) in [5.74, 6) is -0.253.